The molecule has 0 amide bonds. The van der Waals surface area contributed by atoms with Crippen molar-refractivity contribution in [1.82, 2.24) is 0 Å². The SMILES string of the molecule is COc1ccc(-c2ccc(C(=O)C=O)cc2)cc1.COc1ccc(-c2ccc(C)cc2)cc1. The van der Waals surface area contributed by atoms with Gasteiger partial charge in [-0.25, -0.2) is 0 Å². The Morgan fingerprint density at radius 3 is 1.24 bits per heavy atom. The van der Waals surface area contributed by atoms with E-state index >= 15 is 0 Å². The van der Waals surface area contributed by atoms with Gasteiger partial charge >= 0.3 is 0 Å². The van der Waals surface area contributed by atoms with E-state index in [1.165, 1.54) is 16.7 Å². The van der Waals surface area contributed by atoms with Gasteiger partial charge in [0.15, 0.2) is 6.29 Å². The molecule has 0 aromatic heterocycles. The van der Waals surface area contributed by atoms with Crippen LogP contribution in [-0.4, -0.2) is 26.3 Å². The molecule has 4 aromatic rings. The molecule has 0 aliphatic carbocycles. The van der Waals surface area contributed by atoms with Gasteiger partial charge in [-0.05, 0) is 53.4 Å². The van der Waals surface area contributed by atoms with Crippen molar-refractivity contribution < 1.29 is 19.1 Å². The van der Waals surface area contributed by atoms with Gasteiger partial charge in [0.05, 0.1) is 14.2 Å². The van der Waals surface area contributed by atoms with Crippen molar-refractivity contribution in [2.75, 3.05) is 14.2 Å². The van der Waals surface area contributed by atoms with E-state index in [2.05, 4.69) is 43.3 Å². The van der Waals surface area contributed by atoms with Gasteiger partial charge in [-0.3, -0.25) is 9.59 Å². The van der Waals surface area contributed by atoms with Crippen LogP contribution in [0.1, 0.15) is 15.9 Å². The number of rotatable bonds is 6. The highest BCUT2D eigenvalue weighted by Gasteiger charge is 2.04. The van der Waals surface area contributed by atoms with Crippen LogP contribution in [0.15, 0.2) is 97.1 Å². The van der Waals surface area contributed by atoms with Gasteiger partial charge in [0.1, 0.15) is 11.5 Å². The van der Waals surface area contributed by atoms with E-state index in [-0.39, 0.29) is 0 Å². The Kier molecular flexibility index (Phi) is 8.14. The first kappa shape index (κ1) is 23.5. The highest BCUT2D eigenvalue weighted by Crippen LogP contribution is 2.23. The van der Waals surface area contributed by atoms with Gasteiger partial charge in [0.2, 0.25) is 5.78 Å². The van der Waals surface area contributed by atoms with Crippen molar-refractivity contribution in [1.29, 1.82) is 0 Å². The molecule has 4 nitrogen and oxygen atoms in total. The fraction of sp³-hybridized carbons (Fsp3) is 0.103. The maximum Gasteiger partial charge on any atom is 0.225 e. The van der Waals surface area contributed by atoms with E-state index in [0.717, 1.165) is 22.6 Å². The Balaban J connectivity index is 0.000000189. The largest absolute Gasteiger partial charge is 0.497 e. The molecule has 4 aromatic carbocycles. The minimum absolute atomic E-state index is 0.322. The van der Waals surface area contributed by atoms with Crippen LogP contribution in [0.25, 0.3) is 22.3 Å². The third kappa shape index (κ3) is 6.40. The first-order valence-electron chi connectivity index (χ1n) is 10.5. The van der Waals surface area contributed by atoms with Crippen molar-refractivity contribution in [3.05, 3.63) is 108 Å². The molecule has 0 saturated carbocycles. The lowest BCUT2D eigenvalue weighted by atomic mass is 10.0. The second-order valence-corrected chi connectivity index (χ2v) is 7.38. The summed E-state index contributed by atoms with van der Waals surface area (Å²) in [6, 6.07) is 31.2. The Morgan fingerprint density at radius 2 is 0.909 bits per heavy atom. The maximum absolute atomic E-state index is 11.2. The Hall–Kier alpha value is -4.18. The van der Waals surface area contributed by atoms with Crippen molar-refractivity contribution in [2.45, 2.75) is 6.92 Å². The van der Waals surface area contributed by atoms with Gasteiger partial charge < -0.3 is 9.47 Å². The zero-order valence-electron chi connectivity index (χ0n) is 18.9. The molecule has 0 atom stereocenters. The Bertz CT molecular complexity index is 1170. The smallest absolute Gasteiger partial charge is 0.225 e. The number of hydrogen-bond acceptors (Lipinski definition) is 4. The van der Waals surface area contributed by atoms with Crippen LogP contribution in [0.3, 0.4) is 0 Å². The highest BCUT2D eigenvalue weighted by atomic mass is 16.5. The van der Waals surface area contributed by atoms with Gasteiger partial charge in [0.25, 0.3) is 0 Å². The van der Waals surface area contributed by atoms with Crippen LogP contribution in [0.2, 0.25) is 0 Å². The number of carbonyl (C=O) groups excluding carboxylic acids is 2. The molecular formula is C29H26O4. The molecule has 0 bridgehead atoms. The molecule has 166 valence electrons. The minimum Gasteiger partial charge on any atom is -0.497 e. The van der Waals surface area contributed by atoms with E-state index < -0.39 is 5.78 Å². The zero-order valence-corrected chi connectivity index (χ0v) is 18.9. The lowest BCUT2D eigenvalue weighted by molar-refractivity contribution is -0.104. The third-order valence-electron chi connectivity index (χ3n) is 5.17. The summed E-state index contributed by atoms with van der Waals surface area (Å²) in [7, 11) is 3.30. The van der Waals surface area contributed by atoms with Gasteiger partial charge in [-0.2, -0.15) is 0 Å². The van der Waals surface area contributed by atoms with E-state index in [9.17, 15) is 9.59 Å². The van der Waals surface area contributed by atoms with E-state index in [0.29, 0.717) is 11.8 Å². The fourth-order valence-corrected chi connectivity index (χ4v) is 3.21. The predicted molar refractivity (Wildman–Crippen MR) is 132 cm³/mol. The lowest BCUT2D eigenvalue weighted by Gasteiger charge is -2.04. The van der Waals surface area contributed by atoms with E-state index in [1.54, 1.807) is 26.4 Å². The molecule has 0 N–H and O–H groups in total. The normalized spacial score (nSPS) is 9.91. The molecule has 0 aliphatic rings. The summed E-state index contributed by atoms with van der Waals surface area (Å²) in [5.74, 6) is 1.19. The fourth-order valence-electron chi connectivity index (χ4n) is 3.21. The summed E-state index contributed by atoms with van der Waals surface area (Å²) in [5.41, 5.74) is 6.16. The number of carbonyl (C=O) groups is 2. The van der Waals surface area contributed by atoms with E-state index in [1.807, 2.05) is 48.5 Å². The summed E-state index contributed by atoms with van der Waals surface area (Å²) in [5, 5.41) is 0. The molecule has 4 heteroatoms. The van der Waals surface area contributed by atoms with Crippen molar-refractivity contribution >= 4 is 12.1 Å². The summed E-state index contributed by atoms with van der Waals surface area (Å²) < 4.78 is 10.2. The van der Waals surface area contributed by atoms with Crippen LogP contribution < -0.4 is 9.47 Å². The topological polar surface area (TPSA) is 52.6 Å². The lowest BCUT2D eigenvalue weighted by Crippen LogP contribution is -1.98. The number of aryl methyl sites for hydroxylation is 1. The number of ether oxygens (including phenoxy) is 2. The number of Topliss-reactive ketones (excluding diaryl/α,β-unsaturated/α-hetero) is 1. The molecule has 0 unspecified atom stereocenters. The monoisotopic (exact) mass is 438 g/mol. The van der Waals surface area contributed by atoms with Crippen LogP contribution in [0, 0.1) is 6.92 Å². The molecule has 33 heavy (non-hydrogen) atoms. The van der Waals surface area contributed by atoms with Gasteiger partial charge in [-0.15, -0.1) is 0 Å². The molecule has 0 aliphatic heterocycles. The molecule has 0 radical (unpaired) electrons. The van der Waals surface area contributed by atoms with Crippen LogP contribution in [-0.2, 0) is 4.79 Å². The van der Waals surface area contributed by atoms with Crippen molar-refractivity contribution in [3.63, 3.8) is 0 Å². The number of ketones is 1. The van der Waals surface area contributed by atoms with Crippen LogP contribution >= 0.6 is 0 Å². The average molecular weight is 439 g/mol. The highest BCUT2D eigenvalue weighted by molar-refractivity contribution is 6.33. The number of aldehydes is 1. The Labute approximate surface area is 194 Å². The second kappa shape index (κ2) is 11.4. The minimum atomic E-state index is -0.503. The predicted octanol–water partition coefficient (Wildman–Crippen LogP) is 6.41. The first-order valence-corrected chi connectivity index (χ1v) is 10.5. The quantitative estimate of drug-likeness (QED) is 0.198. The molecule has 0 heterocycles. The number of hydrogen-bond donors (Lipinski definition) is 0. The number of benzene rings is 4. The van der Waals surface area contributed by atoms with Crippen molar-refractivity contribution in [3.8, 4) is 33.8 Å². The average Bonchev–Trinajstić information content (AvgIpc) is 2.89. The third-order valence-corrected chi connectivity index (χ3v) is 5.17. The summed E-state index contributed by atoms with van der Waals surface area (Å²) in [4.78, 5) is 21.5. The molecule has 0 fully saturated rings. The molecule has 0 spiro atoms. The van der Waals surface area contributed by atoms with Crippen molar-refractivity contribution in [2.24, 2.45) is 0 Å². The molecule has 0 saturated heterocycles. The maximum atomic E-state index is 11.2. The summed E-state index contributed by atoms with van der Waals surface area (Å²) >= 11 is 0. The van der Waals surface area contributed by atoms with Crippen LogP contribution in [0.5, 0.6) is 11.5 Å². The van der Waals surface area contributed by atoms with E-state index in [4.69, 9.17) is 9.47 Å². The zero-order chi connectivity index (χ0) is 23.6. The summed E-state index contributed by atoms with van der Waals surface area (Å²) in [6.07, 6.45) is 0.322. The first-order chi connectivity index (χ1) is 16.0. The van der Waals surface area contributed by atoms with Crippen LogP contribution in [0.4, 0.5) is 0 Å². The van der Waals surface area contributed by atoms with Gasteiger partial charge in [-0.1, -0.05) is 78.4 Å². The van der Waals surface area contributed by atoms with Gasteiger partial charge in [0, 0.05) is 5.56 Å². The molecular weight excluding hydrogens is 412 g/mol. The Morgan fingerprint density at radius 1 is 0.576 bits per heavy atom. The number of methoxy groups -OCH3 is 2. The summed E-state index contributed by atoms with van der Waals surface area (Å²) in [6.45, 7) is 2.10. The second-order valence-electron chi connectivity index (χ2n) is 7.38. The molecule has 4 rings (SSSR count). The standard InChI is InChI=1S/C15H12O3.C14H14O/c1-18-14-8-6-12(7-9-14)11-2-4-13(5-3-11)15(17)10-16;1-11-3-5-12(6-4-11)13-7-9-14(15-2)10-8-13/h2-10H,1H3;3-10H,1-2H3.